The second-order valence-corrected chi connectivity index (χ2v) is 6.52. The lowest BCUT2D eigenvalue weighted by Gasteiger charge is -2.19. The van der Waals surface area contributed by atoms with Gasteiger partial charge in [0.1, 0.15) is 0 Å². The Kier molecular flexibility index (Phi) is 3.99. The molecule has 1 fully saturated rings. The van der Waals surface area contributed by atoms with Crippen molar-refractivity contribution < 1.29 is 27.0 Å². The predicted octanol–water partition coefficient (Wildman–Crippen LogP) is 1.35. The molecule has 0 aliphatic carbocycles. The average molecular weight is 315 g/mol. The maximum atomic E-state index is 12.7. The molecule has 0 radical (unpaired) electrons. The zero-order valence-electron chi connectivity index (χ0n) is 11.2. The average Bonchev–Trinajstić information content (AvgIpc) is 2.66. The van der Waals surface area contributed by atoms with E-state index in [4.69, 9.17) is 5.11 Å². The van der Waals surface area contributed by atoms with Crippen LogP contribution in [0.5, 0.6) is 0 Å². The Balaban J connectivity index is 2.33. The number of carbonyl (C=O) groups excluding carboxylic acids is 1. The molecule has 2 rings (SSSR count). The summed E-state index contributed by atoms with van der Waals surface area (Å²) in [6.45, 7) is 1.74. The maximum Gasteiger partial charge on any atom is 0.337 e. The molecular formula is C13H14FNO5S. The molecule has 6 nitrogen and oxygen atoms in total. The number of benzene rings is 1. The summed E-state index contributed by atoms with van der Waals surface area (Å²) in [4.78, 5) is 24.4. The van der Waals surface area contributed by atoms with Crippen molar-refractivity contribution >= 4 is 27.8 Å². The molecule has 21 heavy (non-hydrogen) atoms. The summed E-state index contributed by atoms with van der Waals surface area (Å²) in [5, 5.41) is 9.16. The van der Waals surface area contributed by atoms with Gasteiger partial charge in [-0.3, -0.25) is 4.79 Å². The number of aromatic carboxylic acids is 1. The molecular weight excluding hydrogens is 301 g/mol. The molecule has 8 heteroatoms. The molecule has 1 unspecified atom stereocenters. The predicted molar refractivity (Wildman–Crippen MR) is 73.5 cm³/mol. The van der Waals surface area contributed by atoms with Crippen molar-refractivity contribution in [2.24, 2.45) is 5.92 Å². The molecule has 0 saturated carbocycles. The van der Waals surface area contributed by atoms with Crippen molar-refractivity contribution in [2.75, 3.05) is 17.2 Å². The topological polar surface area (TPSA) is 91.8 Å². The molecule has 0 spiro atoms. The first-order chi connectivity index (χ1) is 9.67. The molecule has 0 aromatic heterocycles. The van der Waals surface area contributed by atoms with E-state index in [0.29, 0.717) is 0 Å². The van der Waals surface area contributed by atoms with Crippen molar-refractivity contribution in [1.82, 2.24) is 0 Å². The lowest BCUT2D eigenvalue weighted by atomic mass is 10.1. The lowest BCUT2D eigenvalue weighted by Crippen LogP contribution is -2.27. The van der Waals surface area contributed by atoms with Gasteiger partial charge in [-0.25, -0.2) is 4.79 Å². The van der Waals surface area contributed by atoms with Crippen LogP contribution in [0.25, 0.3) is 0 Å². The Morgan fingerprint density at radius 3 is 2.71 bits per heavy atom. The fourth-order valence-electron chi connectivity index (χ4n) is 2.45. The van der Waals surface area contributed by atoms with Gasteiger partial charge in [0.25, 0.3) is 0 Å². The highest BCUT2D eigenvalue weighted by atomic mass is 32.3. The number of rotatable bonds is 4. The molecule has 1 atom stereocenters. The third kappa shape index (κ3) is 3.57. The van der Waals surface area contributed by atoms with Gasteiger partial charge in [0.15, 0.2) is 0 Å². The number of carboxylic acids is 1. The minimum Gasteiger partial charge on any atom is -0.478 e. The van der Waals surface area contributed by atoms with E-state index in [1.54, 1.807) is 19.1 Å². The van der Waals surface area contributed by atoms with Crippen LogP contribution < -0.4 is 4.90 Å². The van der Waals surface area contributed by atoms with E-state index >= 15 is 0 Å². The molecule has 1 aromatic carbocycles. The minimum absolute atomic E-state index is 0.00822. The zero-order chi connectivity index (χ0) is 15.8. The molecule has 1 aliphatic rings. The van der Waals surface area contributed by atoms with E-state index in [2.05, 4.69) is 0 Å². The normalized spacial score (nSPS) is 19.0. The molecule has 1 aromatic rings. The quantitative estimate of drug-likeness (QED) is 0.847. The Morgan fingerprint density at radius 2 is 2.14 bits per heavy atom. The third-order valence-corrected chi connectivity index (χ3v) is 4.18. The Labute approximate surface area is 121 Å². The Bertz CT molecular complexity index is 701. The summed E-state index contributed by atoms with van der Waals surface area (Å²) >= 11 is 0. The van der Waals surface area contributed by atoms with Crippen LogP contribution in [0.1, 0.15) is 22.3 Å². The van der Waals surface area contributed by atoms with Crippen LogP contribution in [0.3, 0.4) is 0 Å². The minimum atomic E-state index is -4.67. The summed E-state index contributed by atoms with van der Waals surface area (Å²) in [5.41, 5.74) is 0.938. The fraction of sp³-hybridized carbons (Fsp3) is 0.385. The van der Waals surface area contributed by atoms with Gasteiger partial charge in [-0.15, -0.1) is 3.89 Å². The number of carbonyl (C=O) groups is 2. The molecule has 1 saturated heterocycles. The lowest BCUT2D eigenvalue weighted by molar-refractivity contribution is -0.117. The first-order valence-electron chi connectivity index (χ1n) is 6.24. The number of carboxylic acid groups (broad SMARTS) is 1. The molecule has 1 heterocycles. The van der Waals surface area contributed by atoms with Crippen LogP contribution in [0.2, 0.25) is 0 Å². The first kappa shape index (κ1) is 15.4. The number of nitrogens with zero attached hydrogens (tertiary/aromatic N) is 1. The molecule has 1 amide bonds. The van der Waals surface area contributed by atoms with Crippen molar-refractivity contribution in [2.45, 2.75) is 13.3 Å². The number of anilines is 1. The van der Waals surface area contributed by atoms with E-state index in [1.807, 2.05) is 0 Å². The van der Waals surface area contributed by atoms with Crippen molar-refractivity contribution in [3.05, 3.63) is 29.3 Å². The fourth-order valence-corrected chi connectivity index (χ4v) is 3.24. The van der Waals surface area contributed by atoms with E-state index in [-0.39, 0.29) is 24.2 Å². The monoisotopic (exact) mass is 315 g/mol. The van der Waals surface area contributed by atoms with Gasteiger partial charge in [0.2, 0.25) is 5.91 Å². The van der Waals surface area contributed by atoms with E-state index in [9.17, 15) is 21.9 Å². The highest BCUT2D eigenvalue weighted by Crippen LogP contribution is 2.30. The smallest absolute Gasteiger partial charge is 0.337 e. The summed E-state index contributed by atoms with van der Waals surface area (Å²) in [6.07, 6.45) is -0.115. The van der Waals surface area contributed by atoms with E-state index in [1.165, 1.54) is 11.0 Å². The molecule has 1 aliphatic heterocycles. The van der Waals surface area contributed by atoms with Gasteiger partial charge >= 0.3 is 16.2 Å². The van der Waals surface area contributed by atoms with Crippen molar-refractivity contribution in [3.8, 4) is 0 Å². The van der Waals surface area contributed by atoms with Crippen LogP contribution in [-0.4, -0.2) is 37.7 Å². The van der Waals surface area contributed by atoms with Crippen molar-refractivity contribution in [3.63, 3.8) is 0 Å². The summed E-state index contributed by atoms with van der Waals surface area (Å²) in [5.74, 6) is -2.99. The van der Waals surface area contributed by atoms with Crippen LogP contribution in [0, 0.1) is 12.8 Å². The number of hydrogen-bond acceptors (Lipinski definition) is 4. The van der Waals surface area contributed by atoms with Crippen LogP contribution in [-0.2, 0) is 15.0 Å². The van der Waals surface area contributed by atoms with Crippen molar-refractivity contribution in [1.29, 1.82) is 0 Å². The van der Waals surface area contributed by atoms with Crippen LogP contribution in [0.4, 0.5) is 9.57 Å². The highest BCUT2D eigenvalue weighted by Gasteiger charge is 2.35. The largest absolute Gasteiger partial charge is 0.478 e. The van der Waals surface area contributed by atoms with Crippen LogP contribution in [0.15, 0.2) is 18.2 Å². The van der Waals surface area contributed by atoms with Gasteiger partial charge < -0.3 is 10.0 Å². The number of aryl methyl sites for hydroxylation is 1. The standard InChI is InChI=1S/C13H14FNO5S/c1-8-2-3-10(13(17)18)11(4-8)15-6-9(5-12(15)16)7-21(14,19)20/h2-4,9H,5-7H2,1H3,(H,17,18). The first-order valence-corrected chi connectivity index (χ1v) is 7.79. The second kappa shape index (κ2) is 5.44. The number of halogens is 1. The summed E-state index contributed by atoms with van der Waals surface area (Å²) in [6, 6.07) is 4.55. The third-order valence-electron chi connectivity index (χ3n) is 3.31. The van der Waals surface area contributed by atoms with E-state index in [0.717, 1.165) is 5.56 Å². The van der Waals surface area contributed by atoms with E-state index < -0.39 is 33.8 Å². The second-order valence-electron chi connectivity index (χ2n) is 5.11. The summed E-state index contributed by atoms with van der Waals surface area (Å²) < 4.78 is 34.1. The SMILES string of the molecule is Cc1ccc(C(=O)O)c(N2CC(CS(=O)(=O)F)CC2=O)c1. The van der Waals surface area contributed by atoms with Gasteiger partial charge in [0.05, 0.1) is 17.0 Å². The highest BCUT2D eigenvalue weighted by molar-refractivity contribution is 7.86. The maximum absolute atomic E-state index is 12.7. The number of amides is 1. The zero-order valence-corrected chi connectivity index (χ0v) is 12.1. The Morgan fingerprint density at radius 1 is 1.48 bits per heavy atom. The Hall–Kier alpha value is -1.96. The van der Waals surface area contributed by atoms with Gasteiger partial charge in [-0.1, -0.05) is 6.07 Å². The van der Waals surface area contributed by atoms with Gasteiger partial charge in [-0.2, -0.15) is 8.42 Å². The van der Waals surface area contributed by atoms with Gasteiger partial charge in [-0.05, 0) is 24.6 Å². The van der Waals surface area contributed by atoms with Gasteiger partial charge in [0, 0.05) is 18.9 Å². The molecule has 1 N–H and O–H groups in total. The van der Waals surface area contributed by atoms with Crippen LogP contribution >= 0.6 is 0 Å². The summed E-state index contributed by atoms with van der Waals surface area (Å²) in [7, 11) is -4.67. The number of hydrogen-bond donors (Lipinski definition) is 1. The molecule has 0 bridgehead atoms. The molecule has 114 valence electrons.